The Morgan fingerprint density at radius 2 is 2.00 bits per heavy atom. The Kier molecular flexibility index (Phi) is 4.79. The van der Waals surface area contributed by atoms with E-state index in [1.807, 2.05) is 30.0 Å². The quantitative estimate of drug-likeness (QED) is 0.740. The molecule has 2 aliphatic heterocycles. The molecule has 0 aromatic heterocycles. The van der Waals surface area contributed by atoms with Crippen molar-refractivity contribution in [1.29, 1.82) is 0 Å². The number of hydrogen-bond donors (Lipinski definition) is 0. The minimum Gasteiger partial charge on any atom is -0.368 e. The number of hydrogen-bond acceptors (Lipinski definition) is 4. The van der Waals surface area contributed by atoms with E-state index in [0.29, 0.717) is 5.25 Å². The van der Waals surface area contributed by atoms with E-state index in [2.05, 4.69) is 36.8 Å². The molecule has 1 saturated heterocycles. The van der Waals surface area contributed by atoms with Gasteiger partial charge in [0, 0.05) is 47.5 Å². The summed E-state index contributed by atoms with van der Waals surface area (Å²) in [5.41, 5.74) is 1.22. The molecule has 1 atom stereocenters. The number of rotatable bonds is 2. The molecule has 3 rings (SSSR count). The number of benzene rings is 1. The lowest BCUT2D eigenvalue weighted by Crippen LogP contribution is -2.47. The van der Waals surface area contributed by atoms with Gasteiger partial charge in [-0.1, -0.05) is 45.4 Å². The van der Waals surface area contributed by atoms with Crippen molar-refractivity contribution in [1.82, 2.24) is 4.90 Å². The fourth-order valence-corrected chi connectivity index (χ4v) is 4.26. The fourth-order valence-electron chi connectivity index (χ4n) is 2.49. The van der Waals surface area contributed by atoms with Gasteiger partial charge in [-0.25, -0.2) is 0 Å². The van der Waals surface area contributed by atoms with Crippen LogP contribution in [0, 0.1) is 0 Å². The summed E-state index contributed by atoms with van der Waals surface area (Å²) in [5, 5.41) is 3.66. The Hall–Kier alpha value is -0.390. The van der Waals surface area contributed by atoms with E-state index >= 15 is 0 Å². The van der Waals surface area contributed by atoms with Crippen LogP contribution in [-0.2, 0) is 0 Å². The van der Waals surface area contributed by atoms with Gasteiger partial charge in [0.15, 0.2) is 5.17 Å². The van der Waals surface area contributed by atoms with Crippen LogP contribution >= 0.6 is 39.3 Å². The molecule has 0 N–H and O–H groups in total. The first kappa shape index (κ1) is 14.5. The standard InChI is InChI=1S/C14H17BrClN3S/c15-9-13-10-17-14(20-13)19-6-4-18(5-7-19)12-3-1-2-11(16)8-12/h1-3,8,13H,4-7,9-10H2. The Morgan fingerprint density at radius 3 is 2.65 bits per heavy atom. The van der Waals surface area contributed by atoms with E-state index < -0.39 is 0 Å². The zero-order chi connectivity index (χ0) is 13.9. The zero-order valence-corrected chi connectivity index (χ0v) is 14.3. The fraction of sp³-hybridized carbons (Fsp3) is 0.500. The predicted octanol–water partition coefficient (Wildman–Crippen LogP) is 3.33. The third-order valence-corrected chi connectivity index (χ3v) is 6.29. The van der Waals surface area contributed by atoms with E-state index in [9.17, 15) is 0 Å². The molecule has 0 bridgehead atoms. The highest BCUT2D eigenvalue weighted by atomic mass is 79.9. The van der Waals surface area contributed by atoms with Crippen LogP contribution in [0.4, 0.5) is 5.69 Å². The topological polar surface area (TPSA) is 18.8 Å². The number of piperazine rings is 1. The lowest BCUT2D eigenvalue weighted by atomic mass is 10.2. The van der Waals surface area contributed by atoms with Crippen LogP contribution in [0.5, 0.6) is 0 Å². The SMILES string of the molecule is Clc1cccc(N2CCN(C3=NCC(CBr)S3)CC2)c1. The van der Waals surface area contributed by atoms with Gasteiger partial charge in [0.25, 0.3) is 0 Å². The van der Waals surface area contributed by atoms with E-state index in [0.717, 1.165) is 43.1 Å². The molecule has 0 saturated carbocycles. The molecule has 6 heteroatoms. The number of anilines is 1. The summed E-state index contributed by atoms with van der Waals surface area (Å²) in [7, 11) is 0. The first-order valence-corrected chi connectivity index (χ1v) is 9.16. The first-order valence-electron chi connectivity index (χ1n) is 6.79. The van der Waals surface area contributed by atoms with Crippen molar-refractivity contribution in [3.63, 3.8) is 0 Å². The van der Waals surface area contributed by atoms with Crippen LogP contribution in [0.3, 0.4) is 0 Å². The van der Waals surface area contributed by atoms with Crippen LogP contribution in [-0.4, -0.2) is 53.4 Å². The third kappa shape index (κ3) is 3.26. The first-order chi connectivity index (χ1) is 9.76. The molecule has 1 fully saturated rings. The molecule has 0 radical (unpaired) electrons. The monoisotopic (exact) mass is 373 g/mol. The van der Waals surface area contributed by atoms with Crippen molar-refractivity contribution < 1.29 is 0 Å². The predicted molar refractivity (Wildman–Crippen MR) is 92.7 cm³/mol. The molecule has 0 spiro atoms. The number of alkyl halides is 1. The largest absolute Gasteiger partial charge is 0.368 e. The molecule has 2 aliphatic rings. The van der Waals surface area contributed by atoms with Gasteiger partial charge in [-0.05, 0) is 18.2 Å². The lowest BCUT2D eigenvalue weighted by molar-refractivity contribution is 0.392. The summed E-state index contributed by atoms with van der Waals surface area (Å²) in [6.07, 6.45) is 0. The number of halogens is 2. The zero-order valence-electron chi connectivity index (χ0n) is 11.1. The molecular formula is C14H17BrClN3S. The highest BCUT2D eigenvalue weighted by Gasteiger charge is 2.26. The average molecular weight is 375 g/mol. The number of amidine groups is 1. The van der Waals surface area contributed by atoms with Gasteiger partial charge in [-0.3, -0.25) is 4.99 Å². The summed E-state index contributed by atoms with van der Waals surface area (Å²) in [5.74, 6) is 0. The van der Waals surface area contributed by atoms with Crippen LogP contribution in [0.2, 0.25) is 5.02 Å². The second kappa shape index (κ2) is 6.58. The summed E-state index contributed by atoms with van der Waals surface area (Å²) >= 11 is 11.5. The van der Waals surface area contributed by atoms with E-state index in [1.165, 1.54) is 10.9 Å². The summed E-state index contributed by atoms with van der Waals surface area (Å²) in [6, 6.07) is 8.11. The van der Waals surface area contributed by atoms with Crippen LogP contribution < -0.4 is 4.90 Å². The van der Waals surface area contributed by atoms with Crippen molar-refractivity contribution in [2.75, 3.05) is 43.0 Å². The molecular weight excluding hydrogens is 358 g/mol. The van der Waals surface area contributed by atoms with Crippen molar-refractivity contribution in [2.24, 2.45) is 4.99 Å². The maximum atomic E-state index is 6.06. The van der Waals surface area contributed by atoms with Gasteiger partial charge >= 0.3 is 0 Å². The third-order valence-electron chi connectivity index (χ3n) is 3.60. The highest BCUT2D eigenvalue weighted by molar-refractivity contribution is 9.09. The van der Waals surface area contributed by atoms with Crippen molar-refractivity contribution >= 4 is 50.1 Å². The van der Waals surface area contributed by atoms with Gasteiger partial charge in [0.1, 0.15) is 0 Å². The molecule has 1 aromatic rings. The minimum absolute atomic E-state index is 0.607. The molecule has 3 nitrogen and oxygen atoms in total. The average Bonchev–Trinajstić information content (AvgIpc) is 2.96. The second-order valence-electron chi connectivity index (χ2n) is 4.97. The molecule has 20 heavy (non-hydrogen) atoms. The Balaban J connectivity index is 1.57. The summed E-state index contributed by atoms with van der Waals surface area (Å²) in [6.45, 7) is 5.07. The molecule has 108 valence electrons. The Morgan fingerprint density at radius 1 is 1.25 bits per heavy atom. The van der Waals surface area contributed by atoms with Gasteiger partial charge in [-0.15, -0.1) is 0 Å². The summed E-state index contributed by atoms with van der Waals surface area (Å²) < 4.78 is 0. The van der Waals surface area contributed by atoms with Crippen molar-refractivity contribution in [2.45, 2.75) is 5.25 Å². The van der Waals surface area contributed by atoms with Crippen LogP contribution in [0.25, 0.3) is 0 Å². The molecule has 1 aromatic carbocycles. The maximum absolute atomic E-state index is 6.06. The molecule has 0 amide bonds. The van der Waals surface area contributed by atoms with Gasteiger partial charge in [0.05, 0.1) is 6.54 Å². The van der Waals surface area contributed by atoms with E-state index in [4.69, 9.17) is 11.6 Å². The minimum atomic E-state index is 0.607. The summed E-state index contributed by atoms with van der Waals surface area (Å²) in [4.78, 5) is 9.46. The normalized spacial score (nSPS) is 23.1. The Labute approximate surface area is 137 Å². The second-order valence-corrected chi connectivity index (χ2v) is 7.32. The van der Waals surface area contributed by atoms with Crippen molar-refractivity contribution in [3.8, 4) is 0 Å². The van der Waals surface area contributed by atoms with Gasteiger partial charge in [-0.2, -0.15) is 0 Å². The molecule has 0 aliphatic carbocycles. The maximum Gasteiger partial charge on any atom is 0.159 e. The van der Waals surface area contributed by atoms with E-state index in [1.54, 1.807) is 0 Å². The lowest BCUT2D eigenvalue weighted by Gasteiger charge is -2.37. The molecule has 2 heterocycles. The number of nitrogens with zero attached hydrogens (tertiary/aromatic N) is 3. The number of thioether (sulfide) groups is 1. The Bertz CT molecular complexity index is 503. The van der Waals surface area contributed by atoms with Crippen LogP contribution in [0.15, 0.2) is 29.3 Å². The smallest absolute Gasteiger partial charge is 0.159 e. The highest BCUT2D eigenvalue weighted by Crippen LogP contribution is 2.27. The van der Waals surface area contributed by atoms with Gasteiger partial charge in [0.2, 0.25) is 0 Å². The van der Waals surface area contributed by atoms with E-state index in [-0.39, 0.29) is 0 Å². The molecule has 1 unspecified atom stereocenters. The van der Waals surface area contributed by atoms with Gasteiger partial charge < -0.3 is 9.80 Å². The number of aliphatic imine (C=N–C) groups is 1. The van der Waals surface area contributed by atoms with Crippen LogP contribution in [0.1, 0.15) is 0 Å². The van der Waals surface area contributed by atoms with Crippen molar-refractivity contribution in [3.05, 3.63) is 29.3 Å².